The van der Waals surface area contributed by atoms with Crippen molar-refractivity contribution in [3.05, 3.63) is 63.2 Å². The van der Waals surface area contributed by atoms with Crippen LogP contribution in [0.2, 0.25) is 5.02 Å². The van der Waals surface area contributed by atoms with E-state index in [4.69, 9.17) is 11.6 Å². The van der Waals surface area contributed by atoms with E-state index in [0.717, 1.165) is 6.07 Å². The van der Waals surface area contributed by atoms with Gasteiger partial charge >= 0.3 is 0 Å². The summed E-state index contributed by atoms with van der Waals surface area (Å²) in [6.07, 6.45) is 0.650. The first-order valence-corrected chi connectivity index (χ1v) is 9.88. The summed E-state index contributed by atoms with van der Waals surface area (Å²) in [5, 5.41) is 13.4. The monoisotopic (exact) mass is 411 g/mol. The normalized spacial score (nSPS) is 12.4. The maximum atomic E-state index is 12.3. The molecule has 0 aliphatic carbocycles. The molecule has 8 nitrogen and oxygen atoms in total. The number of nitrogens with one attached hydrogen (secondary N) is 2. The van der Waals surface area contributed by atoms with Gasteiger partial charge in [-0.1, -0.05) is 18.5 Å². The van der Waals surface area contributed by atoms with Crippen LogP contribution >= 0.6 is 11.6 Å². The number of nitrogens with zero attached hydrogens (tertiary/aromatic N) is 1. The topological polar surface area (TPSA) is 118 Å². The first kappa shape index (κ1) is 20.8. The first-order chi connectivity index (χ1) is 12.6. The Bertz CT molecular complexity index is 961. The fourth-order valence-electron chi connectivity index (χ4n) is 2.13. The highest BCUT2D eigenvalue weighted by molar-refractivity contribution is 7.89. The van der Waals surface area contributed by atoms with Gasteiger partial charge in [0.1, 0.15) is 0 Å². The summed E-state index contributed by atoms with van der Waals surface area (Å²) in [7, 11) is -3.65. The molecule has 2 N–H and O–H groups in total. The zero-order chi connectivity index (χ0) is 20.2. The molecular weight excluding hydrogens is 394 g/mol. The van der Waals surface area contributed by atoms with Crippen LogP contribution in [-0.4, -0.2) is 25.3 Å². The molecule has 0 fully saturated rings. The van der Waals surface area contributed by atoms with Crippen molar-refractivity contribution in [2.24, 2.45) is 0 Å². The minimum atomic E-state index is -3.65. The fraction of sp³-hybridized carbons (Fsp3) is 0.235. The predicted molar refractivity (Wildman–Crippen MR) is 103 cm³/mol. The number of nitro benzene ring substituents is 1. The van der Waals surface area contributed by atoms with E-state index >= 15 is 0 Å². The summed E-state index contributed by atoms with van der Waals surface area (Å²) >= 11 is 5.94. The highest BCUT2D eigenvalue weighted by atomic mass is 35.5. The lowest BCUT2D eigenvalue weighted by Gasteiger charge is -2.12. The zero-order valence-electron chi connectivity index (χ0n) is 14.6. The number of sulfonamides is 1. The van der Waals surface area contributed by atoms with Gasteiger partial charge in [0.15, 0.2) is 0 Å². The van der Waals surface area contributed by atoms with Gasteiger partial charge in [-0.2, -0.15) is 0 Å². The highest BCUT2D eigenvalue weighted by Crippen LogP contribution is 2.23. The lowest BCUT2D eigenvalue weighted by atomic mass is 10.2. The van der Waals surface area contributed by atoms with Gasteiger partial charge in [-0.3, -0.25) is 14.9 Å². The van der Waals surface area contributed by atoms with Crippen molar-refractivity contribution in [1.29, 1.82) is 0 Å². The van der Waals surface area contributed by atoms with Gasteiger partial charge in [-0.05, 0) is 43.7 Å². The van der Waals surface area contributed by atoms with E-state index in [1.165, 1.54) is 36.4 Å². The summed E-state index contributed by atoms with van der Waals surface area (Å²) in [6, 6.07) is 8.90. The van der Waals surface area contributed by atoms with Gasteiger partial charge in [0.25, 0.3) is 11.6 Å². The number of benzene rings is 2. The maximum Gasteiger partial charge on any atom is 0.270 e. The number of nitro groups is 1. The highest BCUT2D eigenvalue weighted by Gasteiger charge is 2.18. The number of carbonyl (C=O) groups is 1. The molecule has 0 bridgehead atoms. The van der Waals surface area contributed by atoms with Crippen molar-refractivity contribution in [2.75, 3.05) is 5.32 Å². The van der Waals surface area contributed by atoms with Gasteiger partial charge in [0, 0.05) is 23.9 Å². The molecule has 0 saturated heterocycles. The van der Waals surface area contributed by atoms with Gasteiger partial charge in [0.05, 0.1) is 20.4 Å². The van der Waals surface area contributed by atoms with Crippen LogP contribution in [0.25, 0.3) is 0 Å². The van der Waals surface area contributed by atoms with Crippen LogP contribution in [0.4, 0.5) is 11.4 Å². The van der Waals surface area contributed by atoms with Crippen molar-refractivity contribution < 1.29 is 18.1 Å². The molecule has 0 aliphatic heterocycles. The largest absolute Gasteiger partial charge is 0.322 e. The van der Waals surface area contributed by atoms with E-state index in [0.29, 0.717) is 12.1 Å². The quantitative estimate of drug-likeness (QED) is 0.533. The van der Waals surface area contributed by atoms with E-state index in [1.54, 1.807) is 6.92 Å². The van der Waals surface area contributed by atoms with Crippen molar-refractivity contribution >= 4 is 38.9 Å². The number of amides is 1. The molecule has 10 heteroatoms. The molecular formula is C17H18ClN3O5S. The summed E-state index contributed by atoms with van der Waals surface area (Å²) in [6.45, 7) is 3.62. The van der Waals surface area contributed by atoms with E-state index in [1.807, 2.05) is 6.92 Å². The molecule has 2 aromatic rings. The molecule has 1 atom stereocenters. The van der Waals surface area contributed by atoms with Crippen molar-refractivity contribution in [1.82, 2.24) is 4.72 Å². The molecule has 27 heavy (non-hydrogen) atoms. The number of halogens is 1. The molecule has 2 rings (SSSR count). The number of rotatable bonds is 7. The predicted octanol–water partition coefficient (Wildman–Crippen LogP) is 3.58. The molecule has 0 radical (unpaired) electrons. The molecule has 1 unspecified atom stereocenters. The third kappa shape index (κ3) is 5.25. The summed E-state index contributed by atoms with van der Waals surface area (Å²) in [5.41, 5.74) is 0.00757. The minimum Gasteiger partial charge on any atom is -0.322 e. The molecule has 0 heterocycles. The number of hydrogen-bond acceptors (Lipinski definition) is 5. The second-order valence-corrected chi connectivity index (χ2v) is 7.95. The molecule has 0 aromatic heterocycles. The number of carbonyl (C=O) groups excluding carboxylic acids is 1. The number of hydrogen-bond donors (Lipinski definition) is 2. The Labute approximate surface area is 161 Å². The van der Waals surface area contributed by atoms with E-state index < -0.39 is 20.9 Å². The Morgan fingerprint density at radius 2 is 1.85 bits per heavy atom. The molecule has 2 aromatic carbocycles. The van der Waals surface area contributed by atoms with E-state index in [2.05, 4.69) is 10.0 Å². The van der Waals surface area contributed by atoms with Crippen LogP contribution in [0.15, 0.2) is 47.4 Å². The Hall–Kier alpha value is -2.49. The lowest BCUT2D eigenvalue weighted by Crippen LogP contribution is -2.31. The maximum absolute atomic E-state index is 12.3. The average Bonchev–Trinajstić information content (AvgIpc) is 2.61. The van der Waals surface area contributed by atoms with Crippen LogP contribution in [-0.2, 0) is 10.0 Å². The van der Waals surface area contributed by atoms with Crippen LogP contribution in [0.3, 0.4) is 0 Å². The lowest BCUT2D eigenvalue weighted by molar-refractivity contribution is -0.384. The third-order valence-corrected chi connectivity index (χ3v) is 5.73. The molecule has 0 spiro atoms. The van der Waals surface area contributed by atoms with Crippen LogP contribution in [0, 0.1) is 10.1 Å². The van der Waals surface area contributed by atoms with Gasteiger partial charge in [-0.25, -0.2) is 13.1 Å². The SMILES string of the molecule is CCC(C)NS(=O)(=O)c1ccc(NC(=O)c2cc([N+](=O)[O-])ccc2Cl)cc1. The molecule has 144 valence electrons. The molecule has 0 saturated carbocycles. The van der Waals surface area contributed by atoms with E-state index in [9.17, 15) is 23.3 Å². The van der Waals surface area contributed by atoms with Crippen molar-refractivity contribution in [3.8, 4) is 0 Å². The zero-order valence-corrected chi connectivity index (χ0v) is 16.2. The average molecular weight is 412 g/mol. The van der Waals surface area contributed by atoms with Crippen molar-refractivity contribution in [3.63, 3.8) is 0 Å². The minimum absolute atomic E-state index is 0.0546. The second kappa shape index (κ2) is 8.47. The van der Waals surface area contributed by atoms with E-state index in [-0.39, 0.29) is 27.2 Å². The fourth-order valence-corrected chi connectivity index (χ4v) is 3.66. The Balaban J connectivity index is 2.18. The second-order valence-electron chi connectivity index (χ2n) is 5.83. The first-order valence-electron chi connectivity index (χ1n) is 8.01. The Kier molecular flexibility index (Phi) is 6.53. The van der Waals surface area contributed by atoms with Crippen LogP contribution in [0.1, 0.15) is 30.6 Å². The third-order valence-electron chi connectivity index (χ3n) is 3.80. The summed E-state index contributed by atoms with van der Waals surface area (Å²) < 4.78 is 27.0. The van der Waals surface area contributed by atoms with Gasteiger partial charge in [-0.15, -0.1) is 0 Å². The van der Waals surface area contributed by atoms with Gasteiger partial charge < -0.3 is 5.32 Å². The standard InChI is InChI=1S/C17H18ClN3O5S/c1-3-11(2)20-27(25,26)14-7-4-12(5-8-14)19-17(22)15-10-13(21(23)24)6-9-16(15)18/h4-11,20H,3H2,1-2H3,(H,19,22). The Morgan fingerprint density at radius 1 is 1.22 bits per heavy atom. The Morgan fingerprint density at radius 3 is 2.41 bits per heavy atom. The molecule has 1 amide bonds. The van der Waals surface area contributed by atoms with Gasteiger partial charge in [0.2, 0.25) is 10.0 Å². The van der Waals surface area contributed by atoms with Crippen LogP contribution < -0.4 is 10.0 Å². The summed E-state index contributed by atoms with van der Waals surface area (Å²) in [4.78, 5) is 22.6. The molecule has 0 aliphatic rings. The number of non-ortho nitro benzene ring substituents is 1. The summed E-state index contributed by atoms with van der Waals surface area (Å²) in [5.74, 6) is -0.642. The smallest absolute Gasteiger partial charge is 0.270 e. The van der Waals surface area contributed by atoms with Crippen LogP contribution in [0.5, 0.6) is 0 Å². The number of anilines is 1. The van der Waals surface area contributed by atoms with Crippen molar-refractivity contribution in [2.45, 2.75) is 31.2 Å².